The Kier molecular flexibility index (Phi) is 2.75. The van der Waals surface area contributed by atoms with Gasteiger partial charge in [0.25, 0.3) is 0 Å². The monoisotopic (exact) mass is 109 g/mol. The third-order valence-electron chi connectivity index (χ3n) is 0.719. The van der Waals surface area contributed by atoms with Crippen LogP contribution in [0, 0.1) is 0 Å². The first-order valence-corrected chi connectivity index (χ1v) is 2.45. The van der Waals surface area contributed by atoms with Crippen LogP contribution in [0.5, 0.6) is 0 Å². The van der Waals surface area contributed by atoms with Crippen molar-refractivity contribution in [3.63, 3.8) is 0 Å². The van der Waals surface area contributed by atoms with E-state index in [1.165, 1.54) is 0 Å². The molecule has 0 aromatic rings. The molecule has 0 fully saturated rings. The minimum atomic E-state index is 0.664. The molecule has 0 aliphatic heterocycles. The fourth-order valence-corrected chi connectivity index (χ4v) is 0.388. The molecule has 1 heteroatoms. The van der Waals surface area contributed by atoms with E-state index in [9.17, 15) is 0 Å². The van der Waals surface area contributed by atoms with E-state index in [-0.39, 0.29) is 0 Å². The molecular weight excluding hydrogens is 98.1 g/mol. The zero-order valence-electron chi connectivity index (χ0n) is 5.20. The van der Waals surface area contributed by atoms with Crippen molar-refractivity contribution >= 4 is 0 Å². The molecule has 0 aromatic carbocycles. The van der Waals surface area contributed by atoms with Gasteiger partial charge in [0.05, 0.1) is 5.70 Å². The largest absolute Gasteiger partial charge is 0.396 e. The molecule has 0 unspecified atom stereocenters. The molecule has 0 aliphatic rings. The first-order valence-electron chi connectivity index (χ1n) is 2.45. The Hall–Kier alpha value is -0.940. The van der Waals surface area contributed by atoms with Crippen molar-refractivity contribution in [3.05, 3.63) is 30.2 Å². The first-order chi connectivity index (χ1) is 3.66. The molecule has 8 heavy (non-hydrogen) atoms. The van der Waals surface area contributed by atoms with E-state index in [1.54, 1.807) is 0 Å². The van der Waals surface area contributed by atoms with Gasteiger partial charge in [0.15, 0.2) is 0 Å². The number of nitrogens with two attached hydrogens (primary N) is 1. The molecule has 0 spiro atoms. The van der Waals surface area contributed by atoms with Gasteiger partial charge in [-0.05, 0) is 6.92 Å². The summed E-state index contributed by atoms with van der Waals surface area (Å²) in [6.07, 6.45) is 0.712. The van der Waals surface area contributed by atoms with Crippen LogP contribution in [-0.2, 0) is 0 Å². The predicted molar refractivity (Wildman–Crippen MR) is 36.3 cm³/mol. The van der Waals surface area contributed by atoms with Crippen molar-refractivity contribution in [2.24, 2.45) is 5.73 Å². The highest BCUT2D eigenvalue weighted by Gasteiger charge is 1.85. The quantitative estimate of drug-likeness (QED) is 0.423. The van der Waals surface area contributed by atoms with Gasteiger partial charge in [-0.15, -0.1) is 5.73 Å². The maximum atomic E-state index is 5.36. The minimum Gasteiger partial charge on any atom is -0.396 e. The van der Waals surface area contributed by atoms with E-state index in [0.29, 0.717) is 12.1 Å². The SMILES string of the molecule is C=C=C(N)CC(=C)C. The van der Waals surface area contributed by atoms with Crippen molar-refractivity contribution < 1.29 is 0 Å². The molecule has 0 rings (SSSR count). The molecule has 44 valence electrons. The third kappa shape index (κ3) is 3.26. The molecule has 2 N–H and O–H groups in total. The molecule has 0 atom stereocenters. The van der Waals surface area contributed by atoms with Gasteiger partial charge in [-0.3, -0.25) is 0 Å². The maximum absolute atomic E-state index is 5.36. The molecule has 0 saturated heterocycles. The van der Waals surface area contributed by atoms with Crippen LogP contribution in [0.4, 0.5) is 0 Å². The van der Waals surface area contributed by atoms with Gasteiger partial charge >= 0.3 is 0 Å². The van der Waals surface area contributed by atoms with Crippen molar-refractivity contribution in [1.82, 2.24) is 0 Å². The number of rotatable bonds is 2. The normalized spacial score (nSPS) is 7.62. The van der Waals surface area contributed by atoms with E-state index in [4.69, 9.17) is 5.73 Å². The summed E-state index contributed by atoms with van der Waals surface area (Å²) in [5.41, 5.74) is 9.64. The first kappa shape index (κ1) is 7.06. The van der Waals surface area contributed by atoms with E-state index in [0.717, 1.165) is 5.57 Å². The van der Waals surface area contributed by atoms with Crippen LogP contribution in [0.15, 0.2) is 30.2 Å². The Morgan fingerprint density at radius 1 is 1.75 bits per heavy atom. The van der Waals surface area contributed by atoms with Gasteiger partial charge in [0.1, 0.15) is 0 Å². The molecule has 0 bridgehead atoms. The predicted octanol–water partition coefficient (Wildman–Crippen LogP) is 1.58. The number of allylic oxidation sites excluding steroid dienone is 1. The van der Waals surface area contributed by atoms with Gasteiger partial charge in [-0.25, -0.2) is 0 Å². The molecular formula is C7H11N. The molecule has 0 heterocycles. The summed E-state index contributed by atoms with van der Waals surface area (Å²) in [5, 5.41) is 0. The van der Waals surface area contributed by atoms with Crippen molar-refractivity contribution in [2.45, 2.75) is 13.3 Å². The van der Waals surface area contributed by atoms with Crippen LogP contribution in [0.25, 0.3) is 0 Å². The second-order valence-corrected chi connectivity index (χ2v) is 1.84. The Balaban J connectivity index is 3.74. The third-order valence-corrected chi connectivity index (χ3v) is 0.719. The van der Waals surface area contributed by atoms with Gasteiger partial charge in [0.2, 0.25) is 0 Å². The van der Waals surface area contributed by atoms with Gasteiger partial charge in [-0.2, -0.15) is 0 Å². The highest BCUT2D eigenvalue weighted by atomic mass is 14.6. The van der Waals surface area contributed by atoms with Crippen LogP contribution in [-0.4, -0.2) is 0 Å². The van der Waals surface area contributed by atoms with Crippen LogP contribution in [0.2, 0.25) is 0 Å². The summed E-state index contributed by atoms with van der Waals surface area (Å²) in [5.74, 6) is 0. The fraction of sp³-hybridized carbons (Fsp3) is 0.286. The van der Waals surface area contributed by atoms with E-state index >= 15 is 0 Å². The zero-order chi connectivity index (χ0) is 6.57. The van der Waals surface area contributed by atoms with Gasteiger partial charge < -0.3 is 5.73 Å². The molecule has 0 aliphatic carbocycles. The lowest BCUT2D eigenvalue weighted by Crippen LogP contribution is -1.94. The van der Waals surface area contributed by atoms with Crippen LogP contribution in [0.1, 0.15) is 13.3 Å². The second kappa shape index (κ2) is 3.11. The molecule has 0 aromatic heterocycles. The lowest BCUT2D eigenvalue weighted by molar-refractivity contribution is 1.09. The van der Waals surface area contributed by atoms with Crippen LogP contribution < -0.4 is 5.73 Å². The second-order valence-electron chi connectivity index (χ2n) is 1.84. The van der Waals surface area contributed by atoms with Crippen molar-refractivity contribution in [3.8, 4) is 0 Å². The molecule has 0 radical (unpaired) electrons. The summed E-state index contributed by atoms with van der Waals surface area (Å²) in [6, 6.07) is 0. The Morgan fingerprint density at radius 3 is 2.38 bits per heavy atom. The van der Waals surface area contributed by atoms with Crippen LogP contribution in [0.3, 0.4) is 0 Å². The van der Waals surface area contributed by atoms with E-state index < -0.39 is 0 Å². The lowest BCUT2D eigenvalue weighted by atomic mass is 10.2. The van der Waals surface area contributed by atoms with E-state index in [1.807, 2.05) is 6.92 Å². The average molecular weight is 109 g/mol. The standard InChI is InChI=1S/C7H11N/c1-4-7(8)5-6(2)3/h1-2,5,8H2,3H3. The van der Waals surface area contributed by atoms with Gasteiger partial charge in [-0.1, -0.05) is 18.7 Å². The Labute approximate surface area is 50.2 Å². The highest BCUT2D eigenvalue weighted by molar-refractivity contribution is 5.05. The Bertz CT molecular complexity index is 138. The van der Waals surface area contributed by atoms with Gasteiger partial charge in [0, 0.05) is 6.42 Å². The zero-order valence-corrected chi connectivity index (χ0v) is 5.20. The van der Waals surface area contributed by atoms with Crippen molar-refractivity contribution in [2.75, 3.05) is 0 Å². The molecule has 0 amide bonds. The summed E-state index contributed by atoms with van der Waals surface area (Å²) >= 11 is 0. The van der Waals surface area contributed by atoms with Crippen LogP contribution >= 0.6 is 0 Å². The van der Waals surface area contributed by atoms with Crippen molar-refractivity contribution in [1.29, 1.82) is 0 Å². The number of hydrogen-bond donors (Lipinski definition) is 1. The van der Waals surface area contributed by atoms with E-state index in [2.05, 4.69) is 18.9 Å². The Morgan fingerprint density at radius 2 is 2.25 bits per heavy atom. The molecule has 1 nitrogen and oxygen atoms in total. The maximum Gasteiger partial charge on any atom is 0.0546 e. The topological polar surface area (TPSA) is 26.0 Å². The highest BCUT2D eigenvalue weighted by Crippen LogP contribution is 1.99. The summed E-state index contributed by atoms with van der Waals surface area (Å²) in [6.45, 7) is 8.98. The minimum absolute atomic E-state index is 0.664. The summed E-state index contributed by atoms with van der Waals surface area (Å²) < 4.78 is 0. The summed E-state index contributed by atoms with van der Waals surface area (Å²) in [7, 11) is 0. The summed E-state index contributed by atoms with van der Waals surface area (Å²) in [4.78, 5) is 0. The fourth-order valence-electron chi connectivity index (χ4n) is 0.388. The molecule has 0 saturated carbocycles. The average Bonchev–Trinajstić information content (AvgIpc) is 1.65. The number of hydrogen-bond acceptors (Lipinski definition) is 1. The smallest absolute Gasteiger partial charge is 0.0546 e. The lowest BCUT2D eigenvalue weighted by Gasteiger charge is -1.93.